The van der Waals surface area contributed by atoms with E-state index in [0.717, 1.165) is 18.5 Å². The van der Waals surface area contributed by atoms with Crippen molar-refractivity contribution in [3.63, 3.8) is 0 Å². The molecule has 21 heavy (non-hydrogen) atoms. The van der Waals surface area contributed by atoms with Crippen LogP contribution in [0.2, 0.25) is 0 Å². The fourth-order valence-electron chi connectivity index (χ4n) is 2.80. The molecule has 2 rings (SSSR count). The molecule has 1 fully saturated rings. The predicted octanol–water partition coefficient (Wildman–Crippen LogP) is 1.39. The average molecular weight is 287 g/mol. The molecule has 0 aliphatic carbocycles. The predicted molar refractivity (Wildman–Crippen MR) is 80.7 cm³/mol. The molecule has 0 unspecified atom stereocenters. The Labute approximate surface area is 125 Å². The molecule has 1 saturated heterocycles. The van der Waals surface area contributed by atoms with Gasteiger partial charge in [-0.2, -0.15) is 5.26 Å². The lowest BCUT2D eigenvalue weighted by molar-refractivity contribution is -0.131. The van der Waals surface area contributed by atoms with Gasteiger partial charge in [0.2, 0.25) is 5.91 Å². The van der Waals surface area contributed by atoms with Crippen LogP contribution in [-0.4, -0.2) is 47.7 Å². The number of rotatable bonds is 6. The second kappa shape index (κ2) is 6.70. The molecule has 1 heterocycles. The quantitative estimate of drug-likeness (QED) is 0.803. The Morgan fingerprint density at radius 2 is 2.10 bits per heavy atom. The molecule has 5 nitrogen and oxygen atoms in total. The van der Waals surface area contributed by atoms with Crippen LogP contribution in [0.3, 0.4) is 0 Å². The first-order valence-corrected chi connectivity index (χ1v) is 7.25. The zero-order chi connectivity index (χ0) is 15.3. The molecule has 1 aromatic carbocycles. The first-order chi connectivity index (χ1) is 10.1. The maximum Gasteiger partial charge on any atom is 0.242 e. The van der Waals surface area contributed by atoms with E-state index in [1.54, 1.807) is 0 Å². The lowest BCUT2D eigenvalue weighted by Crippen LogP contribution is -2.63. The molecule has 0 aromatic heterocycles. The van der Waals surface area contributed by atoms with Gasteiger partial charge >= 0.3 is 0 Å². The Morgan fingerprint density at radius 3 is 2.67 bits per heavy atom. The van der Waals surface area contributed by atoms with Crippen LogP contribution in [0.1, 0.15) is 19.8 Å². The topological polar surface area (TPSA) is 67.6 Å². The van der Waals surface area contributed by atoms with Gasteiger partial charge in [-0.05, 0) is 18.6 Å². The van der Waals surface area contributed by atoms with Crippen molar-refractivity contribution in [2.75, 3.05) is 31.1 Å². The van der Waals surface area contributed by atoms with Gasteiger partial charge in [-0.3, -0.25) is 14.6 Å². The molecule has 1 aromatic rings. The van der Waals surface area contributed by atoms with Crippen molar-refractivity contribution in [2.24, 2.45) is 0 Å². The summed E-state index contributed by atoms with van der Waals surface area (Å²) in [4.78, 5) is 15.8. The van der Waals surface area contributed by atoms with Gasteiger partial charge in [0, 0.05) is 18.8 Å². The number of nitrogens with zero attached hydrogens (tertiary/aromatic N) is 3. The Morgan fingerprint density at radius 1 is 1.43 bits per heavy atom. The van der Waals surface area contributed by atoms with Gasteiger partial charge in [0.15, 0.2) is 0 Å². The highest BCUT2D eigenvalue weighted by molar-refractivity contribution is 5.95. The number of carbonyl (C=O) groups is 1. The van der Waals surface area contributed by atoms with E-state index in [-0.39, 0.29) is 19.0 Å². The first kappa shape index (κ1) is 15.5. The van der Waals surface area contributed by atoms with Crippen molar-refractivity contribution in [3.05, 3.63) is 30.3 Å². The summed E-state index contributed by atoms with van der Waals surface area (Å²) >= 11 is 0. The van der Waals surface area contributed by atoms with Crippen molar-refractivity contribution in [1.29, 1.82) is 5.26 Å². The number of hydrogen-bond donors (Lipinski definition) is 1. The average Bonchev–Trinajstić information content (AvgIpc) is 2.44. The SMILES string of the molecule is CCCC1(O)CN(CC(=O)N(CC#N)c2ccccc2)C1. The number of carbonyl (C=O) groups excluding carboxylic acids is 1. The van der Waals surface area contributed by atoms with Gasteiger partial charge in [0.05, 0.1) is 18.2 Å². The summed E-state index contributed by atoms with van der Waals surface area (Å²) in [6.07, 6.45) is 1.70. The maximum absolute atomic E-state index is 12.4. The lowest BCUT2D eigenvalue weighted by Gasteiger charge is -2.46. The van der Waals surface area contributed by atoms with E-state index in [1.165, 1.54) is 4.90 Å². The summed E-state index contributed by atoms with van der Waals surface area (Å²) in [6, 6.07) is 11.2. The number of anilines is 1. The van der Waals surface area contributed by atoms with Gasteiger partial charge in [-0.25, -0.2) is 0 Å². The Hall–Kier alpha value is -1.90. The lowest BCUT2D eigenvalue weighted by atomic mass is 9.89. The summed E-state index contributed by atoms with van der Waals surface area (Å²) in [6.45, 7) is 3.37. The van der Waals surface area contributed by atoms with Gasteiger partial charge < -0.3 is 5.11 Å². The second-order valence-corrected chi connectivity index (χ2v) is 5.59. The smallest absolute Gasteiger partial charge is 0.242 e. The van der Waals surface area contributed by atoms with Gasteiger partial charge in [-0.15, -0.1) is 0 Å². The van der Waals surface area contributed by atoms with Gasteiger partial charge in [0.1, 0.15) is 6.54 Å². The highest BCUT2D eigenvalue weighted by Gasteiger charge is 2.41. The van der Waals surface area contributed by atoms with Crippen molar-refractivity contribution in [3.8, 4) is 6.07 Å². The van der Waals surface area contributed by atoms with Crippen molar-refractivity contribution in [1.82, 2.24) is 4.90 Å². The normalized spacial score (nSPS) is 16.8. The molecular formula is C16H21N3O2. The summed E-state index contributed by atoms with van der Waals surface area (Å²) in [5, 5.41) is 19.0. The molecule has 1 aliphatic rings. The molecule has 5 heteroatoms. The summed E-state index contributed by atoms with van der Waals surface area (Å²) in [5.41, 5.74) is 0.0929. The molecule has 0 bridgehead atoms. The van der Waals surface area contributed by atoms with Crippen LogP contribution in [0.5, 0.6) is 0 Å². The summed E-state index contributed by atoms with van der Waals surface area (Å²) in [7, 11) is 0. The number of amides is 1. The van der Waals surface area contributed by atoms with Gasteiger partial charge in [0.25, 0.3) is 0 Å². The molecule has 1 amide bonds. The number of benzene rings is 1. The molecule has 1 N–H and O–H groups in total. The van der Waals surface area contributed by atoms with E-state index in [1.807, 2.05) is 48.2 Å². The molecule has 0 atom stereocenters. The van der Waals surface area contributed by atoms with Crippen LogP contribution < -0.4 is 4.90 Å². The van der Waals surface area contributed by atoms with Crippen LogP contribution in [0.25, 0.3) is 0 Å². The van der Waals surface area contributed by atoms with E-state index in [4.69, 9.17) is 5.26 Å². The molecule has 0 radical (unpaired) electrons. The van der Waals surface area contributed by atoms with E-state index in [0.29, 0.717) is 13.1 Å². The monoisotopic (exact) mass is 287 g/mol. The number of likely N-dealkylation sites (tertiary alicyclic amines) is 1. The minimum absolute atomic E-state index is 0.0376. The zero-order valence-electron chi connectivity index (χ0n) is 12.3. The van der Waals surface area contributed by atoms with Crippen molar-refractivity contribution >= 4 is 11.6 Å². The summed E-state index contributed by atoms with van der Waals surface area (Å²) in [5.74, 6) is -0.110. The first-order valence-electron chi connectivity index (χ1n) is 7.25. The largest absolute Gasteiger partial charge is 0.387 e. The van der Waals surface area contributed by atoms with Crippen LogP contribution >= 0.6 is 0 Å². The summed E-state index contributed by atoms with van der Waals surface area (Å²) < 4.78 is 0. The second-order valence-electron chi connectivity index (χ2n) is 5.59. The molecule has 0 spiro atoms. The Bertz CT molecular complexity index is 518. The zero-order valence-corrected chi connectivity index (χ0v) is 12.3. The van der Waals surface area contributed by atoms with Crippen molar-refractivity contribution < 1.29 is 9.90 Å². The third kappa shape index (κ3) is 3.81. The molecule has 112 valence electrons. The van der Waals surface area contributed by atoms with E-state index in [2.05, 4.69) is 0 Å². The third-order valence-corrected chi connectivity index (χ3v) is 3.71. The number of β-amino-alcohol motifs (C(OH)–C–C–N with tert-alkyl or cyclic N) is 1. The van der Waals surface area contributed by atoms with Crippen LogP contribution in [0.4, 0.5) is 5.69 Å². The highest BCUT2D eigenvalue weighted by Crippen LogP contribution is 2.25. The fourth-order valence-corrected chi connectivity index (χ4v) is 2.80. The van der Waals surface area contributed by atoms with E-state index >= 15 is 0 Å². The van der Waals surface area contributed by atoms with E-state index in [9.17, 15) is 9.90 Å². The van der Waals surface area contributed by atoms with E-state index < -0.39 is 5.60 Å². The Kier molecular flexibility index (Phi) is 4.94. The molecule has 0 saturated carbocycles. The fraction of sp³-hybridized carbons (Fsp3) is 0.500. The minimum atomic E-state index is -0.637. The number of aliphatic hydroxyl groups is 1. The van der Waals surface area contributed by atoms with Gasteiger partial charge in [-0.1, -0.05) is 31.5 Å². The van der Waals surface area contributed by atoms with Crippen LogP contribution in [0.15, 0.2) is 30.3 Å². The number of para-hydroxylation sites is 1. The molecular weight excluding hydrogens is 266 g/mol. The van der Waals surface area contributed by atoms with Crippen LogP contribution in [0, 0.1) is 11.3 Å². The number of nitriles is 1. The maximum atomic E-state index is 12.4. The highest BCUT2D eigenvalue weighted by atomic mass is 16.3. The van der Waals surface area contributed by atoms with Crippen LogP contribution in [-0.2, 0) is 4.79 Å². The third-order valence-electron chi connectivity index (χ3n) is 3.71. The standard InChI is InChI=1S/C16H21N3O2/c1-2-8-16(21)12-18(13-16)11-15(20)19(10-9-17)14-6-4-3-5-7-14/h3-7,21H,2,8,10-13H2,1H3. The number of hydrogen-bond acceptors (Lipinski definition) is 4. The molecule has 1 aliphatic heterocycles. The minimum Gasteiger partial charge on any atom is -0.387 e. The Balaban J connectivity index is 1.94. The van der Waals surface area contributed by atoms with Crippen molar-refractivity contribution in [2.45, 2.75) is 25.4 Å².